The molecule has 5 nitrogen and oxygen atoms in total. The van der Waals surface area contributed by atoms with E-state index in [1.165, 1.54) is 0 Å². The second-order valence-electron chi connectivity index (χ2n) is 5.52. The Morgan fingerprint density at radius 3 is 2.86 bits per heavy atom. The molecule has 1 saturated heterocycles. The number of nitrogens with zero attached hydrogens (tertiary/aromatic N) is 1. The molecule has 116 valence electrons. The van der Waals surface area contributed by atoms with Crippen molar-refractivity contribution in [1.82, 2.24) is 15.5 Å². The molecular weight excluding hydrogens is 266 g/mol. The van der Waals surface area contributed by atoms with Gasteiger partial charge in [0.1, 0.15) is 0 Å². The predicted molar refractivity (Wildman–Crippen MR) is 83.1 cm³/mol. The fourth-order valence-electron chi connectivity index (χ4n) is 2.60. The molecule has 0 aliphatic carbocycles. The Morgan fingerprint density at radius 1 is 1.29 bits per heavy atom. The van der Waals surface area contributed by atoms with E-state index in [1.54, 1.807) is 0 Å². The molecule has 0 saturated carbocycles. The first-order chi connectivity index (χ1) is 10.3. The third-order valence-electron chi connectivity index (χ3n) is 3.71. The molecule has 1 heterocycles. The molecule has 0 bridgehead atoms. The van der Waals surface area contributed by atoms with Gasteiger partial charge in [0.25, 0.3) is 0 Å². The topological polar surface area (TPSA) is 64.6 Å². The molecule has 0 spiro atoms. The van der Waals surface area contributed by atoms with Crippen LogP contribution in [0.1, 0.15) is 12.0 Å². The highest BCUT2D eigenvalue weighted by atomic mass is 16.3. The van der Waals surface area contributed by atoms with Crippen molar-refractivity contribution in [3.63, 3.8) is 0 Å². The molecule has 1 aromatic carbocycles. The van der Waals surface area contributed by atoms with E-state index >= 15 is 0 Å². The van der Waals surface area contributed by atoms with E-state index in [1.807, 2.05) is 30.3 Å². The maximum atomic E-state index is 12.1. The first-order valence-electron chi connectivity index (χ1n) is 7.65. The molecule has 0 aromatic heterocycles. The van der Waals surface area contributed by atoms with Crippen molar-refractivity contribution < 1.29 is 9.90 Å². The Kier molecular flexibility index (Phi) is 6.66. The molecule has 5 heteroatoms. The fraction of sp³-hybridized carbons (Fsp3) is 0.562. The maximum absolute atomic E-state index is 12.1. The highest BCUT2D eigenvalue weighted by molar-refractivity contribution is 5.78. The van der Waals surface area contributed by atoms with Crippen LogP contribution in [0.25, 0.3) is 0 Å². The Hall–Kier alpha value is -1.43. The molecular formula is C16H25N3O2. The minimum atomic E-state index is -0.218. The molecule has 21 heavy (non-hydrogen) atoms. The van der Waals surface area contributed by atoms with Gasteiger partial charge in [-0.15, -0.1) is 0 Å². The standard InChI is InChI=1S/C16H25N3O2/c20-13-15(11-14-5-2-1-3-6-14)18-16(21)12-19-9-4-7-17-8-10-19/h1-3,5-6,15,17,20H,4,7-13H2,(H,18,21). The number of hydrogen-bond acceptors (Lipinski definition) is 4. The number of hydrogen-bond donors (Lipinski definition) is 3. The van der Waals surface area contributed by atoms with Crippen LogP contribution in [-0.2, 0) is 11.2 Å². The molecule has 0 radical (unpaired) electrons. The SMILES string of the molecule is O=C(CN1CCCNCC1)NC(CO)Cc1ccccc1. The number of rotatable bonds is 6. The lowest BCUT2D eigenvalue weighted by atomic mass is 10.1. The molecule has 1 aromatic rings. The van der Waals surface area contributed by atoms with Gasteiger partial charge in [0, 0.05) is 13.1 Å². The molecule has 1 aliphatic rings. The predicted octanol–water partition coefficient (Wildman–Crippen LogP) is 0.00150. The minimum Gasteiger partial charge on any atom is -0.394 e. The lowest BCUT2D eigenvalue weighted by Gasteiger charge is -2.21. The van der Waals surface area contributed by atoms with Gasteiger partial charge in [0.05, 0.1) is 19.2 Å². The van der Waals surface area contributed by atoms with Crippen LogP contribution < -0.4 is 10.6 Å². The van der Waals surface area contributed by atoms with Crippen LogP contribution in [0, 0.1) is 0 Å². The molecule has 1 unspecified atom stereocenters. The van der Waals surface area contributed by atoms with Crippen LogP contribution in [0.2, 0.25) is 0 Å². The summed E-state index contributed by atoms with van der Waals surface area (Å²) in [6.45, 7) is 4.17. The van der Waals surface area contributed by atoms with Gasteiger partial charge in [0.15, 0.2) is 0 Å². The summed E-state index contributed by atoms with van der Waals surface area (Å²) in [6.07, 6.45) is 1.73. The summed E-state index contributed by atoms with van der Waals surface area (Å²) >= 11 is 0. The summed E-state index contributed by atoms with van der Waals surface area (Å²) in [5.41, 5.74) is 1.12. The van der Waals surface area contributed by atoms with Crippen LogP contribution in [0.5, 0.6) is 0 Å². The Balaban J connectivity index is 1.79. The van der Waals surface area contributed by atoms with Gasteiger partial charge >= 0.3 is 0 Å². The zero-order chi connectivity index (χ0) is 14.9. The number of carbonyl (C=O) groups excluding carboxylic acids is 1. The molecule has 1 aliphatic heterocycles. The number of amides is 1. The highest BCUT2D eigenvalue weighted by Crippen LogP contribution is 2.03. The van der Waals surface area contributed by atoms with Gasteiger partial charge < -0.3 is 15.7 Å². The van der Waals surface area contributed by atoms with Gasteiger partial charge in [-0.05, 0) is 31.5 Å². The monoisotopic (exact) mass is 291 g/mol. The van der Waals surface area contributed by atoms with Crippen LogP contribution in [0.15, 0.2) is 30.3 Å². The van der Waals surface area contributed by atoms with Gasteiger partial charge in [-0.1, -0.05) is 30.3 Å². The fourth-order valence-corrected chi connectivity index (χ4v) is 2.60. The van der Waals surface area contributed by atoms with E-state index in [9.17, 15) is 9.90 Å². The molecule has 3 N–H and O–H groups in total. The lowest BCUT2D eigenvalue weighted by Crippen LogP contribution is -2.45. The molecule has 2 rings (SSSR count). The first-order valence-corrected chi connectivity index (χ1v) is 7.65. The highest BCUT2D eigenvalue weighted by Gasteiger charge is 2.16. The quantitative estimate of drug-likeness (QED) is 0.690. The van der Waals surface area contributed by atoms with Crippen molar-refractivity contribution in [2.24, 2.45) is 0 Å². The zero-order valence-corrected chi connectivity index (χ0v) is 12.4. The third kappa shape index (κ3) is 5.83. The second-order valence-corrected chi connectivity index (χ2v) is 5.52. The van der Waals surface area contributed by atoms with Gasteiger partial charge in [-0.2, -0.15) is 0 Å². The summed E-state index contributed by atoms with van der Waals surface area (Å²) in [4.78, 5) is 14.3. The maximum Gasteiger partial charge on any atom is 0.234 e. The van der Waals surface area contributed by atoms with Crippen molar-refractivity contribution >= 4 is 5.91 Å². The lowest BCUT2D eigenvalue weighted by molar-refractivity contribution is -0.123. The van der Waals surface area contributed by atoms with Crippen LogP contribution >= 0.6 is 0 Å². The Morgan fingerprint density at radius 2 is 2.10 bits per heavy atom. The van der Waals surface area contributed by atoms with E-state index in [0.29, 0.717) is 13.0 Å². The summed E-state index contributed by atoms with van der Waals surface area (Å²) < 4.78 is 0. The van der Waals surface area contributed by atoms with Gasteiger partial charge in [-0.3, -0.25) is 9.69 Å². The second kappa shape index (κ2) is 8.77. The first kappa shape index (κ1) is 15.9. The Bertz CT molecular complexity index is 417. The number of benzene rings is 1. The molecule has 1 atom stereocenters. The minimum absolute atomic E-state index is 0.00752. The van der Waals surface area contributed by atoms with Crippen molar-refractivity contribution in [3.05, 3.63) is 35.9 Å². The smallest absolute Gasteiger partial charge is 0.234 e. The number of carbonyl (C=O) groups is 1. The van der Waals surface area contributed by atoms with E-state index in [0.717, 1.165) is 38.2 Å². The summed E-state index contributed by atoms with van der Waals surface area (Å²) in [5.74, 6) is -0.00752. The van der Waals surface area contributed by atoms with Gasteiger partial charge in [-0.25, -0.2) is 0 Å². The van der Waals surface area contributed by atoms with E-state index in [2.05, 4.69) is 15.5 Å². The van der Waals surface area contributed by atoms with Crippen LogP contribution in [-0.4, -0.2) is 61.3 Å². The van der Waals surface area contributed by atoms with E-state index < -0.39 is 0 Å². The largest absolute Gasteiger partial charge is 0.394 e. The van der Waals surface area contributed by atoms with Gasteiger partial charge in [0.2, 0.25) is 5.91 Å². The Labute approximate surface area is 126 Å². The van der Waals surface area contributed by atoms with Crippen molar-refractivity contribution in [2.45, 2.75) is 18.9 Å². The average molecular weight is 291 g/mol. The third-order valence-corrected chi connectivity index (χ3v) is 3.71. The van der Waals surface area contributed by atoms with Crippen molar-refractivity contribution in [2.75, 3.05) is 39.3 Å². The van der Waals surface area contributed by atoms with Crippen molar-refractivity contribution in [1.29, 1.82) is 0 Å². The number of aliphatic hydroxyl groups is 1. The summed E-state index contributed by atoms with van der Waals surface area (Å²) in [5, 5.41) is 15.7. The molecule has 1 fully saturated rings. The average Bonchev–Trinajstić information content (AvgIpc) is 2.76. The van der Waals surface area contributed by atoms with Crippen LogP contribution in [0.4, 0.5) is 0 Å². The van der Waals surface area contributed by atoms with E-state index in [-0.39, 0.29) is 18.6 Å². The normalized spacial score (nSPS) is 18.0. The number of aliphatic hydroxyl groups excluding tert-OH is 1. The number of nitrogens with one attached hydrogen (secondary N) is 2. The van der Waals surface area contributed by atoms with E-state index in [4.69, 9.17) is 0 Å². The zero-order valence-electron chi connectivity index (χ0n) is 12.4. The summed E-state index contributed by atoms with van der Waals surface area (Å²) in [6, 6.07) is 9.70. The van der Waals surface area contributed by atoms with Crippen molar-refractivity contribution in [3.8, 4) is 0 Å². The summed E-state index contributed by atoms with van der Waals surface area (Å²) in [7, 11) is 0. The molecule has 1 amide bonds. The van der Waals surface area contributed by atoms with Crippen LogP contribution in [0.3, 0.4) is 0 Å².